The molecule has 0 bridgehead atoms. The van der Waals surface area contributed by atoms with Crippen molar-refractivity contribution >= 4 is 27.1 Å². The highest BCUT2D eigenvalue weighted by atomic mass is 32.2. The normalized spacial score (nSPS) is 24.6. The topological polar surface area (TPSA) is 53.0 Å². The van der Waals surface area contributed by atoms with Crippen molar-refractivity contribution in [2.24, 2.45) is 4.40 Å². The van der Waals surface area contributed by atoms with Crippen molar-refractivity contribution in [2.45, 2.75) is 56.9 Å². The molecule has 41 heavy (non-hydrogen) atoms. The van der Waals surface area contributed by atoms with Crippen molar-refractivity contribution in [1.29, 1.82) is 0 Å². The SMILES string of the molecule is CN1C(=C/C=C2\CCC(=[C+]/C=C3/N(C)c4ccccc4C3(C)C)C2=NS(=O)(=O)C(F)(F)F)C(C)(C)c2ccccc21. The summed E-state index contributed by atoms with van der Waals surface area (Å²) < 4.78 is 68.0. The van der Waals surface area contributed by atoms with Crippen LogP contribution in [-0.2, 0) is 20.9 Å². The van der Waals surface area contributed by atoms with Gasteiger partial charge >= 0.3 is 15.5 Å². The lowest BCUT2D eigenvalue weighted by Crippen LogP contribution is -2.23. The van der Waals surface area contributed by atoms with Crippen molar-refractivity contribution < 1.29 is 21.6 Å². The Balaban J connectivity index is 1.58. The second kappa shape index (κ2) is 9.71. The summed E-state index contributed by atoms with van der Waals surface area (Å²) >= 11 is 0. The summed E-state index contributed by atoms with van der Waals surface area (Å²) in [4.78, 5) is 4.07. The summed E-state index contributed by atoms with van der Waals surface area (Å²) in [7, 11) is -1.88. The van der Waals surface area contributed by atoms with Crippen LogP contribution in [-0.4, -0.2) is 33.7 Å². The Morgan fingerprint density at radius 2 is 1.34 bits per heavy atom. The molecule has 0 radical (unpaired) electrons. The van der Waals surface area contributed by atoms with Crippen LogP contribution in [0, 0.1) is 6.08 Å². The number of halogens is 3. The van der Waals surface area contributed by atoms with E-state index in [0.717, 1.165) is 33.9 Å². The molecule has 0 aromatic heterocycles. The van der Waals surface area contributed by atoms with E-state index in [1.165, 1.54) is 0 Å². The van der Waals surface area contributed by atoms with Crippen LogP contribution >= 0.6 is 0 Å². The van der Waals surface area contributed by atoms with Crippen LogP contribution in [0.2, 0.25) is 0 Å². The first kappa shape index (κ1) is 28.8. The van der Waals surface area contributed by atoms with Gasteiger partial charge in [-0.2, -0.15) is 21.6 Å². The van der Waals surface area contributed by atoms with E-state index < -0.39 is 15.5 Å². The number of hydrogen-bond acceptors (Lipinski definition) is 4. The number of rotatable bonds is 3. The van der Waals surface area contributed by atoms with Crippen LogP contribution in [0.15, 0.2) is 93.7 Å². The highest BCUT2D eigenvalue weighted by Crippen LogP contribution is 2.48. The Morgan fingerprint density at radius 1 is 0.829 bits per heavy atom. The molecule has 0 spiro atoms. The molecule has 3 aliphatic rings. The van der Waals surface area contributed by atoms with Crippen LogP contribution in [0.25, 0.3) is 0 Å². The molecular weight excluding hydrogens is 547 g/mol. The van der Waals surface area contributed by atoms with Gasteiger partial charge in [-0.15, -0.1) is 0 Å². The van der Waals surface area contributed by atoms with E-state index in [0.29, 0.717) is 24.0 Å². The summed E-state index contributed by atoms with van der Waals surface area (Å²) in [6.07, 6.45) is 9.12. The van der Waals surface area contributed by atoms with Crippen LogP contribution in [0.1, 0.15) is 51.7 Å². The molecule has 2 aromatic rings. The largest absolute Gasteiger partial charge is 0.519 e. The summed E-state index contributed by atoms with van der Waals surface area (Å²) in [5.41, 5.74) is 0.529. The zero-order chi connectivity index (χ0) is 30.0. The highest BCUT2D eigenvalue weighted by molar-refractivity contribution is 7.91. The quantitative estimate of drug-likeness (QED) is 0.356. The van der Waals surface area contributed by atoms with Crippen LogP contribution in [0.4, 0.5) is 24.5 Å². The van der Waals surface area contributed by atoms with Crippen molar-refractivity contribution in [2.75, 3.05) is 23.9 Å². The lowest BCUT2D eigenvalue weighted by Gasteiger charge is -2.23. The Morgan fingerprint density at radius 3 is 1.88 bits per heavy atom. The molecule has 1 fully saturated rings. The third-order valence-corrected chi connectivity index (χ3v) is 9.45. The molecular formula is C32H33F3N3O2S+. The standard InChI is InChI=1S/C32H33F3N3O2S/c1-30(2)23-11-7-9-13-25(23)37(5)27(30)19-17-21-15-16-22(29(21)36-41(39,40)32(33,34)35)18-20-28-31(3,4)24-12-8-10-14-26(24)38(28)6/h7-14,17,19-20H,15-16H2,1-6H3/q+1/b21-17+,27-19?,28-20+,36-29?. The minimum Gasteiger partial charge on any atom is -0.347 e. The van der Waals surface area contributed by atoms with Gasteiger partial charge in [-0.1, -0.05) is 54.6 Å². The fourth-order valence-electron chi connectivity index (χ4n) is 6.17. The van der Waals surface area contributed by atoms with E-state index in [-0.39, 0.29) is 16.5 Å². The summed E-state index contributed by atoms with van der Waals surface area (Å²) in [6.45, 7) is 8.31. The maximum atomic E-state index is 13.4. The van der Waals surface area contributed by atoms with Gasteiger partial charge in [-0.25, -0.2) is 0 Å². The zero-order valence-corrected chi connectivity index (χ0v) is 24.8. The van der Waals surface area contributed by atoms with E-state index in [1.54, 1.807) is 12.2 Å². The molecule has 2 aliphatic heterocycles. The number of alkyl halides is 3. The summed E-state index contributed by atoms with van der Waals surface area (Å²) in [5, 5.41) is 0. The molecule has 2 aromatic carbocycles. The van der Waals surface area contributed by atoms with Gasteiger partial charge in [0.25, 0.3) is 0 Å². The fraction of sp³-hybridized carbons (Fsp3) is 0.344. The fourth-order valence-corrected chi connectivity index (χ4v) is 6.75. The van der Waals surface area contributed by atoms with Crippen molar-refractivity contribution in [1.82, 2.24) is 0 Å². The molecule has 2 heterocycles. The molecule has 1 saturated carbocycles. The van der Waals surface area contributed by atoms with Gasteiger partial charge < -0.3 is 4.90 Å². The van der Waals surface area contributed by atoms with E-state index in [2.05, 4.69) is 44.2 Å². The van der Waals surface area contributed by atoms with E-state index >= 15 is 0 Å². The smallest absolute Gasteiger partial charge is 0.347 e. The second-order valence-electron chi connectivity index (χ2n) is 11.7. The first-order valence-corrected chi connectivity index (χ1v) is 14.8. The molecule has 214 valence electrons. The third-order valence-electron chi connectivity index (χ3n) is 8.44. The van der Waals surface area contributed by atoms with E-state index in [1.807, 2.05) is 72.4 Å². The summed E-state index contributed by atoms with van der Waals surface area (Å²) in [5.74, 6) is 0. The first-order valence-electron chi connectivity index (χ1n) is 13.4. The van der Waals surface area contributed by atoms with E-state index in [4.69, 9.17) is 0 Å². The number of para-hydroxylation sites is 2. The van der Waals surface area contributed by atoms with E-state index in [9.17, 15) is 21.6 Å². The zero-order valence-electron chi connectivity index (χ0n) is 24.0. The Bertz CT molecular complexity index is 1580. The van der Waals surface area contributed by atoms with Gasteiger partial charge in [-0.05, 0) is 50.1 Å². The Kier molecular flexibility index (Phi) is 6.83. The predicted molar refractivity (Wildman–Crippen MR) is 158 cm³/mol. The number of fused-ring (bicyclic) bond motifs is 2. The van der Waals surface area contributed by atoms with Crippen molar-refractivity contribution in [3.8, 4) is 0 Å². The van der Waals surface area contributed by atoms with Gasteiger partial charge in [0.05, 0.1) is 11.1 Å². The average Bonchev–Trinajstić information content (AvgIpc) is 3.43. The molecule has 0 amide bonds. The minimum atomic E-state index is -5.75. The van der Waals surface area contributed by atoms with Gasteiger partial charge in [0, 0.05) is 54.5 Å². The maximum absolute atomic E-state index is 13.4. The van der Waals surface area contributed by atoms with Crippen LogP contribution in [0.5, 0.6) is 0 Å². The minimum absolute atomic E-state index is 0.192. The monoisotopic (exact) mass is 580 g/mol. The molecule has 0 atom stereocenters. The van der Waals surface area contributed by atoms with Gasteiger partial charge in [-0.3, -0.25) is 4.90 Å². The third kappa shape index (κ3) is 4.71. The number of benzene rings is 2. The number of allylic oxidation sites excluding steroid dienone is 8. The van der Waals surface area contributed by atoms with Gasteiger partial charge in [0.15, 0.2) is 5.71 Å². The molecule has 9 heteroatoms. The Hall–Kier alpha value is -3.68. The predicted octanol–water partition coefficient (Wildman–Crippen LogP) is 7.35. The number of nitrogens with zero attached hydrogens (tertiary/aromatic N) is 3. The lowest BCUT2D eigenvalue weighted by atomic mass is 9.83. The molecule has 5 rings (SSSR count). The molecule has 5 nitrogen and oxygen atoms in total. The second-order valence-corrected chi connectivity index (χ2v) is 13.3. The van der Waals surface area contributed by atoms with Crippen molar-refractivity contribution in [3.63, 3.8) is 0 Å². The number of anilines is 2. The molecule has 0 N–H and O–H groups in total. The summed E-state index contributed by atoms with van der Waals surface area (Å²) in [6, 6.07) is 16.0. The molecule has 0 unspecified atom stereocenters. The van der Waals surface area contributed by atoms with Gasteiger partial charge in [0.1, 0.15) is 17.3 Å². The van der Waals surface area contributed by atoms with Crippen LogP contribution < -0.4 is 9.80 Å². The number of hydrogen-bond donors (Lipinski definition) is 0. The van der Waals surface area contributed by atoms with Crippen molar-refractivity contribution in [3.05, 3.63) is 107 Å². The Labute approximate surface area is 240 Å². The van der Waals surface area contributed by atoms with Gasteiger partial charge in [0.2, 0.25) is 0 Å². The maximum Gasteiger partial charge on any atom is 0.519 e. The molecule has 0 saturated heterocycles. The lowest BCUT2D eigenvalue weighted by molar-refractivity contribution is -0.0435. The number of sulfonamides is 1. The highest BCUT2D eigenvalue weighted by Gasteiger charge is 2.49. The van der Waals surface area contributed by atoms with Crippen LogP contribution in [0.3, 0.4) is 0 Å². The first-order chi connectivity index (χ1) is 19.1. The molecule has 1 aliphatic carbocycles. The number of likely N-dealkylation sites (N-methyl/N-ethyl adjacent to an activating group) is 2. The average molecular weight is 581 g/mol.